The molecule has 0 aliphatic heterocycles. The van der Waals surface area contributed by atoms with E-state index in [1.54, 1.807) is 11.3 Å². The fourth-order valence-electron chi connectivity index (χ4n) is 1.94. The van der Waals surface area contributed by atoms with Gasteiger partial charge in [-0.1, -0.05) is 13.0 Å². The molecular weight excluding hydrogens is 204 g/mol. The lowest BCUT2D eigenvalue weighted by atomic mass is 10.2. The summed E-state index contributed by atoms with van der Waals surface area (Å²) in [5.41, 5.74) is 3.65. The van der Waals surface area contributed by atoms with Gasteiger partial charge in [0.25, 0.3) is 0 Å². The van der Waals surface area contributed by atoms with Crippen LogP contribution in [0.2, 0.25) is 0 Å². The highest BCUT2D eigenvalue weighted by molar-refractivity contribution is 7.19. The second-order valence-corrected chi connectivity index (χ2v) is 4.96. The quantitative estimate of drug-likeness (QED) is 0.661. The number of nitrogens with one attached hydrogen (secondary N) is 1. The number of aromatic amines is 1. The van der Waals surface area contributed by atoms with Gasteiger partial charge < -0.3 is 4.98 Å². The fraction of sp³-hybridized carbons (Fsp3) is 0.250. The van der Waals surface area contributed by atoms with Gasteiger partial charge in [0.05, 0.1) is 20.7 Å². The van der Waals surface area contributed by atoms with E-state index in [2.05, 4.69) is 42.0 Å². The number of aryl methyl sites for hydroxylation is 2. The number of rotatable bonds is 1. The van der Waals surface area contributed by atoms with E-state index in [1.807, 2.05) is 0 Å². The maximum absolute atomic E-state index is 4.50. The number of fused-ring (bicyclic) bond motifs is 3. The van der Waals surface area contributed by atoms with E-state index in [1.165, 1.54) is 21.3 Å². The van der Waals surface area contributed by atoms with Crippen molar-refractivity contribution in [1.82, 2.24) is 9.97 Å². The summed E-state index contributed by atoms with van der Waals surface area (Å²) in [5, 5.41) is 2.42. The Morgan fingerprint density at radius 1 is 1.40 bits per heavy atom. The number of thiazole rings is 1. The van der Waals surface area contributed by atoms with E-state index < -0.39 is 0 Å². The maximum Gasteiger partial charge on any atom is 0.0908 e. The van der Waals surface area contributed by atoms with Gasteiger partial charge in [0, 0.05) is 11.1 Å². The Morgan fingerprint density at radius 3 is 3.07 bits per heavy atom. The van der Waals surface area contributed by atoms with E-state index in [-0.39, 0.29) is 0 Å². The third-order valence-electron chi connectivity index (χ3n) is 2.69. The summed E-state index contributed by atoms with van der Waals surface area (Å²) in [6.45, 7) is 4.22. The Bertz CT molecular complexity index is 633. The van der Waals surface area contributed by atoms with Gasteiger partial charge in [-0.2, -0.15) is 0 Å². The van der Waals surface area contributed by atoms with Crippen LogP contribution in [0.5, 0.6) is 0 Å². The van der Waals surface area contributed by atoms with Gasteiger partial charge in [-0.25, -0.2) is 4.98 Å². The molecule has 2 nitrogen and oxygen atoms in total. The lowest BCUT2D eigenvalue weighted by Gasteiger charge is -1.90. The van der Waals surface area contributed by atoms with Crippen molar-refractivity contribution in [2.24, 2.45) is 0 Å². The number of hydrogen-bond donors (Lipinski definition) is 1. The van der Waals surface area contributed by atoms with Crippen molar-refractivity contribution in [2.45, 2.75) is 20.3 Å². The molecule has 0 fully saturated rings. The summed E-state index contributed by atoms with van der Waals surface area (Å²) in [6, 6.07) is 6.48. The topological polar surface area (TPSA) is 28.7 Å². The molecule has 15 heavy (non-hydrogen) atoms. The smallest absolute Gasteiger partial charge is 0.0908 e. The average Bonchev–Trinajstić information content (AvgIpc) is 2.78. The van der Waals surface area contributed by atoms with Crippen LogP contribution < -0.4 is 0 Å². The highest BCUT2D eigenvalue weighted by Crippen LogP contribution is 2.30. The molecule has 0 saturated carbocycles. The number of benzene rings is 1. The molecule has 76 valence electrons. The standard InChI is InChI=1S/C12H12N2S/c1-3-9-6-8-4-5-10-12(11(8)14-9)15-7(2)13-10/h4-6,14H,3H2,1-2H3. The largest absolute Gasteiger partial charge is 0.357 e. The molecule has 0 amide bonds. The molecule has 2 aromatic heterocycles. The Balaban J connectivity index is 2.46. The maximum atomic E-state index is 4.50. The average molecular weight is 216 g/mol. The molecule has 0 atom stereocenters. The predicted molar refractivity (Wildman–Crippen MR) is 65.6 cm³/mol. The molecule has 0 aliphatic rings. The van der Waals surface area contributed by atoms with Crippen molar-refractivity contribution in [1.29, 1.82) is 0 Å². The molecule has 3 rings (SSSR count). The molecule has 2 heterocycles. The minimum absolute atomic E-state index is 1.05. The van der Waals surface area contributed by atoms with Crippen LogP contribution in [-0.4, -0.2) is 9.97 Å². The normalized spacial score (nSPS) is 11.6. The number of H-pyrrole nitrogens is 1. The second-order valence-electron chi connectivity index (χ2n) is 3.76. The Labute approximate surface area is 92.0 Å². The Hall–Kier alpha value is -1.35. The SMILES string of the molecule is CCc1cc2ccc3nc(C)sc3c2[nH]1. The van der Waals surface area contributed by atoms with Gasteiger partial charge in [0.1, 0.15) is 0 Å². The minimum atomic E-state index is 1.05. The molecule has 0 bridgehead atoms. The van der Waals surface area contributed by atoms with Gasteiger partial charge in [0.15, 0.2) is 0 Å². The van der Waals surface area contributed by atoms with Gasteiger partial charge in [-0.05, 0) is 25.5 Å². The summed E-state index contributed by atoms with van der Waals surface area (Å²) in [6.07, 6.45) is 1.05. The monoisotopic (exact) mass is 216 g/mol. The Kier molecular flexibility index (Phi) is 1.83. The lowest BCUT2D eigenvalue weighted by Crippen LogP contribution is -1.75. The van der Waals surface area contributed by atoms with Crippen molar-refractivity contribution in [2.75, 3.05) is 0 Å². The summed E-state index contributed by atoms with van der Waals surface area (Å²) in [7, 11) is 0. The zero-order chi connectivity index (χ0) is 10.4. The molecule has 3 aromatic rings. The predicted octanol–water partition coefficient (Wildman–Crippen LogP) is 3.65. The van der Waals surface area contributed by atoms with Crippen LogP contribution >= 0.6 is 11.3 Å². The zero-order valence-corrected chi connectivity index (χ0v) is 9.61. The fourth-order valence-corrected chi connectivity index (χ4v) is 2.87. The van der Waals surface area contributed by atoms with Crippen LogP contribution in [-0.2, 0) is 6.42 Å². The molecule has 3 heteroatoms. The molecular formula is C12H12N2S. The van der Waals surface area contributed by atoms with E-state index in [9.17, 15) is 0 Å². The summed E-state index contributed by atoms with van der Waals surface area (Å²) in [5.74, 6) is 0. The molecule has 0 unspecified atom stereocenters. The zero-order valence-electron chi connectivity index (χ0n) is 8.79. The molecule has 0 spiro atoms. The lowest BCUT2D eigenvalue weighted by molar-refractivity contribution is 1.08. The first-order valence-electron chi connectivity index (χ1n) is 5.15. The molecule has 0 saturated heterocycles. The molecule has 1 N–H and O–H groups in total. The van der Waals surface area contributed by atoms with Crippen molar-refractivity contribution >= 4 is 32.5 Å². The van der Waals surface area contributed by atoms with Crippen LogP contribution in [0.15, 0.2) is 18.2 Å². The van der Waals surface area contributed by atoms with E-state index in [0.29, 0.717) is 0 Å². The van der Waals surface area contributed by atoms with E-state index >= 15 is 0 Å². The van der Waals surface area contributed by atoms with Crippen LogP contribution in [0, 0.1) is 6.92 Å². The van der Waals surface area contributed by atoms with Gasteiger partial charge in [0.2, 0.25) is 0 Å². The van der Waals surface area contributed by atoms with Crippen LogP contribution in [0.4, 0.5) is 0 Å². The summed E-state index contributed by atoms with van der Waals surface area (Å²) >= 11 is 1.76. The third-order valence-corrected chi connectivity index (χ3v) is 3.70. The molecule has 1 aromatic carbocycles. The summed E-state index contributed by atoms with van der Waals surface area (Å²) < 4.78 is 1.28. The van der Waals surface area contributed by atoms with Crippen molar-refractivity contribution in [3.8, 4) is 0 Å². The van der Waals surface area contributed by atoms with Crippen molar-refractivity contribution in [3.05, 3.63) is 28.9 Å². The second kappa shape index (κ2) is 3.07. The Morgan fingerprint density at radius 2 is 2.27 bits per heavy atom. The molecule has 0 radical (unpaired) electrons. The first-order valence-corrected chi connectivity index (χ1v) is 5.97. The van der Waals surface area contributed by atoms with Crippen LogP contribution in [0.3, 0.4) is 0 Å². The highest BCUT2D eigenvalue weighted by atomic mass is 32.1. The number of hydrogen-bond acceptors (Lipinski definition) is 2. The first kappa shape index (κ1) is 8.92. The third kappa shape index (κ3) is 1.27. The van der Waals surface area contributed by atoms with E-state index in [4.69, 9.17) is 0 Å². The first-order chi connectivity index (χ1) is 7.28. The number of aromatic nitrogens is 2. The van der Waals surface area contributed by atoms with Gasteiger partial charge in [-0.15, -0.1) is 11.3 Å². The van der Waals surface area contributed by atoms with Gasteiger partial charge in [-0.3, -0.25) is 0 Å². The van der Waals surface area contributed by atoms with E-state index in [0.717, 1.165) is 16.9 Å². The van der Waals surface area contributed by atoms with Crippen LogP contribution in [0.1, 0.15) is 17.6 Å². The number of nitrogens with zero attached hydrogens (tertiary/aromatic N) is 1. The van der Waals surface area contributed by atoms with Gasteiger partial charge >= 0.3 is 0 Å². The summed E-state index contributed by atoms with van der Waals surface area (Å²) in [4.78, 5) is 7.97. The van der Waals surface area contributed by atoms with Crippen molar-refractivity contribution < 1.29 is 0 Å². The van der Waals surface area contributed by atoms with Crippen LogP contribution in [0.25, 0.3) is 21.1 Å². The molecule has 0 aliphatic carbocycles. The van der Waals surface area contributed by atoms with Crippen molar-refractivity contribution in [3.63, 3.8) is 0 Å². The minimum Gasteiger partial charge on any atom is -0.357 e. The highest BCUT2D eigenvalue weighted by Gasteiger charge is 2.07.